The van der Waals surface area contributed by atoms with Crippen molar-refractivity contribution in [2.24, 2.45) is 5.41 Å². The Morgan fingerprint density at radius 1 is 1.07 bits per heavy atom. The summed E-state index contributed by atoms with van der Waals surface area (Å²) in [5.41, 5.74) is -3.87. The van der Waals surface area contributed by atoms with Crippen LogP contribution >= 0.6 is 0 Å². The van der Waals surface area contributed by atoms with Crippen LogP contribution in [-0.4, -0.2) is 32.9 Å². The summed E-state index contributed by atoms with van der Waals surface area (Å²) in [5.74, 6) is -3.03. The van der Waals surface area contributed by atoms with Gasteiger partial charge in [0.25, 0.3) is 0 Å². The summed E-state index contributed by atoms with van der Waals surface area (Å²) in [6, 6.07) is 0. The first-order chi connectivity index (χ1) is 6.26. The molecule has 0 bridgehead atoms. The van der Waals surface area contributed by atoms with Crippen molar-refractivity contribution in [2.45, 2.75) is 39.2 Å². The molecule has 14 heavy (non-hydrogen) atoms. The lowest BCUT2D eigenvalue weighted by Gasteiger charge is -2.37. The number of carboxylic acids is 2. The molecule has 0 fully saturated rings. The van der Waals surface area contributed by atoms with Gasteiger partial charge in [-0.1, -0.05) is 13.8 Å². The minimum absolute atomic E-state index is 0.0819. The molecule has 0 radical (unpaired) electrons. The summed E-state index contributed by atoms with van der Waals surface area (Å²) in [4.78, 5) is 21.8. The number of carbonyl (C=O) groups is 2. The SMILES string of the molecule is CCC(O)(CC)C(C)(C(=O)O)C(=O)O. The van der Waals surface area contributed by atoms with E-state index in [4.69, 9.17) is 10.2 Å². The first-order valence-electron chi connectivity index (χ1n) is 4.45. The topological polar surface area (TPSA) is 94.8 Å². The molecule has 5 nitrogen and oxygen atoms in total. The van der Waals surface area contributed by atoms with Crippen molar-refractivity contribution >= 4 is 11.9 Å². The Balaban J connectivity index is 5.40. The van der Waals surface area contributed by atoms with E-state index in [1.54, 1.807) is 13.8 Å². The molecule has 0 saturated heterocycles. The van der Waals surface area contributed by atoms with Gasteiger partial charge in [0.05, 0.1) is 5.60 Å². The molecule has 0 aliphatic carbocycles. The van der Waals surface area contributed by atoms with Crippen LogP contribution in [0.5, 0.6) is 0 Å². The zero-order chi connectivity index (χ0) is 11.6. The minimum Gasteiger partial charge on any atom is -0.480 e. The summed E-state index contributed by atoms with van der Waals surface area (Å²) < 4.78 is 0. The van der Waals surface area contributed by atoms with Crippen LogP contribution in [0, 0.1) is 5.41 Å². The zero-order valence-electron chi connectivity index (χ0n) is 8.57. The number of aliphatic hydroxyl groups is 1. The van der Waals surface area contributed by atoms with Gasteiger partial charge in [0.2, 0.25) is 0 Å². The van der Waals surface area contributed by atoms with Crippen LogP contribution in [-0.2, 0) is 9.59 Å². The molecule has 0 aromatic rings. The lowest BCUT2D eigenvalue weighted by molar-refractivity contribution is -0.185. The van der Waals surface area contributed by atoms with Gasteiger partial charge < -0.3 is 15.3 Å². The van der Waals surface area contributed by atoms with Gasteiger partial charge in [-0.25, -0.2) is 0 Å². The van der Waals surface area contributed by atoms with Crippen LogP contribution < -0.4 is 0 Å². The minimum atomic E-state index is -2.16. The Morgan fingerprint density at radius 3 is 1.43 bits per heavy atom. The Morgan fingerprint density at radius 2 is 1.36 bits per heavy atom. The highest BCUT2D eigenvalue weighted by atomic mass is 16.4. The first-order valence-corrected chi connectivity index (χ1v) is 4.45. The highest BCUT2D eigenvalue weighted by Gasteiger charge is 2.56. The largest absolute Gasteiger partial charge is 0.480 e. The fourth-order valence-electron chi connectivity index (χ4n) is 1.45. The molecule has 0 aromatic heterocycles. The fraction of sp³-hybridized carbons (Fsp3) is 0.778. The number of hydrogen-bond donors (Lipinski definition) is 3. The number of aliphatic carboxylic acids is 2. The summed E-state index contributed by atoms with van der Waals surface area (Å²) in [5, 5.41) is 27.6. The molecule has 0 aromatic carbocycles. The van der Waals surface area contributed by atoms with E-state index < -0.39 is 23.0 Å². The van der Waals surface area contributed by atoms with Crippen molar-refractivity contribution < 1.29 is 24.9 Å². The van der Waals surface area contributed by atoms with E-state index in [9.17, 15) is 14.7 Å². The average Bonchev–Trinajstić information content (AvgIpc) is 2.14. The predicted molar refractivity (Wildman–Crippen MR) is 48.9 cm³/mol. The third-order valence-electron chi connectivity index (χ3n) is 2.96. The maximum atomic E-state index is 10.9. The Hall–Kier alpha value is -1.10. The van der Waals surface area contributed by atoms with Crippen LogP contribution in [0.25, 0.3) is 0 Å². The van der Waals surface area contributed by atoms with Crippen LogP contribution in [0.15, 0.2) is 0 Å². The second kappa shape index (κ2) is 3.96. The Kier molecular flexibility index (Phi) is 3.65. The van der Waals surface area contributed by atoms with Crippen LogP contribution in [0.4, 0.5) is 0 Å². The van der Waals surface area contributed by atoms with Gasteiger partial charge in [-0.2, -0.15) is 0 Å². The van der Waals surface area contributed by atoms with Crippen LogP contribution in [0.3, 0.4) is 0 Å². The van der Waals surface area contributed by atoms with E-state index in [2.05, 4.69) is 0 Å². The van der Waals surface area contributed by atoms with E-state index >= 15 is 0 Å². The lowest BCUT2D eigenvalue weighted by atomic mass is 9.70. The summed E-state index contributed by atoms with van der Waals surface area (Å²) in [6.07, 6.45) is 0.164. The molecule has 0 saturated carbocycles. The van der Waals surface area contributed by atoms with Crippen molar-refractivity contribution in [1.82, 2.24) is 0 Å². The zero-order valence-corrected chi connectivity index (χ0v) is 8.57. The van der Waals surface area contributed by atoms with Crippen molar-refractivity contribution in [3.05, 3.63) is 0 Å². The molecule has 5 heteroatoms. The maximum absolute atomic E-state index is 10.9. The number of rotatable bonds is 5. The van der Waals surface area contributed by atoms with Crippen molar-refractivity contribution in [3.8, 4) is 0 Å². The average molecular weight is 204 g/mol. The second-order valence-corrected chi connectivity index (χ2v) is 3.47. The van der Waals surface area contributed by atoms with Crippen molar-refractivity contribution in [1.29, 1.82) is 0 Å². The van der Waals surface area contributed by atoms with Gasteiger partial charge in [-0.05, 0) is 19.8 Å². The molecule has 0 rings (SSSR count). The molecule has 0 amide bonds. The lowest BCUT2D eigenvalue weighted by Crippen LogP contribution is -2.55. The number of carboxylic acid groups (broad SMARTS) is 2. The summed E-state index contributed by atoms with van der Waals surface area (Å²) in [7, 11) is 0. The van der Waals surface area contributed by atoms with Crippen molar-refractivity contribution in [2.75, 3.05) is 0 Å². The van der Waals surface area contributed by atoms with E-state index in [0.717, 1.165) is 6.92 Å². The van der Waals surface area contributed by atoms with Gasteiger partial charge in [-0.3, -0.25) is 9.59 Å². The first kappa shape index (κ1) is 12.9. The quantitative estimate of drug-likeness (QED) is 0.573. The predicted octanol–water partition coefficient (Wildman–Crippen LogP) is 0.713. The smallest absolute Gasteiger partial charge is 0.323 e. The molecule has 0 atom stereocenters. The Labute approximate surface area is 82.4 Å². The molecule has 0 unspecified atom stereocenters. The van der Waals surface area contributed by atoms with E-state index in [0.29, 0.717) is 0 Å². The normalized spacial score (nSPS) is 12.6. The standard InChI is InChI=1S/C9H16O5/c1-4-9(14,5-2)8(3,6(10)11)7(12)13/h14H,4-5H2,1-3H3,(H,10,11)(H,12,13). The van der Waals surface area contributed by atoms with E-state index in [1.807, 2.05) is 0 Å². The van der Waals surface area contributed by atoms with E-state index in [-0.39, 0.29) is 12.8 Å². The third-order valence-corrected chi connectivity index (χ3v) is 2.96. The fourth-order valence-corrected chi connectivity index (χ4v) is 1.45. The van der Waals surface area contributed by atoms with Gasteiger partial charge >= 0.3 is 11.9 Å². The second-order valence-electron chi connectivity index (χ2n) is 3.47. The number of hydrogen-bond acceptors (Lipinski definition) is 3. The van der Waals surface area contributed by atoms with Gasteiger partial charge in [-0.15, -0.1) is 0 Å². The molecule has 82 valence electrons. The monoisotopic (exact) mass is 204 g/mol. The van der Waals surface area contributed by atoms with Gasteiger partial charge in [0, 0.05) is 0 Å². The highest BCUT2D eigenvalue weighted by molar-refractivity contribution is 5.99. The molecule has 3 N–H and O–H groups in total. The third kappa shape index (κ3) is 1.59. The summed E-state index contributed by atoms with van der Waals surface area (Å²) in [6.45, 7) is 4.16. The molecule has 0 spiro atoms. The molecule has 0 aliphatic rings. The molecular weight excluding hydrogens is 188 g/mol. The molecule has 0 aliphatic heterocycles. The van der Waals surface area contributed by atoms with Gasteiger partial charge in [0.15, 0.2) is 5.41 Å². The maximum Gasteiger partial charge on any atom is 0.323 e. The van der Waals surface area contributed by atoms with E-state index in [1.165, 1.54) is 0 Å². The Bertz CT molecular complexity index is 228. The molecule has 0 heterocycles. The highest BCUT2D eigenvalue weighted by Crippen LogP contribution is 2.37. The van der Waals surface area contributed by atoms with Crippen LogP contribution in [0.1, 0.15) is 33.6 Å². The summed E-state index contributed by atoms with van der Waals surface area (Å²) >= 11 is 0. The molecular formula is C9H16O5. The van der Waals surface area contributed by atoms with Crippen LogP contribution in [0.2, 0.25) is 0 Å². The van der Waals surface area contributed by atoms with Crippen molar-refractivity contribution in [3.63, 3.8) is 0 Å². The van der Waals surface area contributed by atoms with Gasteiger partial charge in [0.1, 0.15) is 0 Å².